The molecule has 2 heterocycles. The molecule has 16 nitrogen and oxygen atoms in total. The van der Waals surface area contributed by atoms with Crippen molar-refractivity contribution < 1.29 is 45.8 Å². The summed E-state index contributed by atoms with van der Waals surface area (Å²) in [5.41, 5.74) is -3.15. The first-order valence-corrected chi connectivity index (χ1v) is 15.8. The van der Waals surface area contributed by atoms with Gasteiger partial charge in [0.05, 0.1) is 43.8 Å². The van der Waals surface area contributed by atoms with E-state index in [-0.39, 0.29) is 11.4 Å². The number of anilines is 2. The van der Waals surface area contributed by atoms with E-state index in [4.69, 9.17) is 0 Å². The van der Waals surface area contributed by atoms with Gasteiger partial charge in [-0.25, -0.2) is 0 Å². The second kappa shape index (κ2) is 14.5. The van der Waals surface area contributed by atoms with Crippen LogP contribution in [0.25, 0.3) is 11.1 Å². The number of hydrazone groups is 2. The van der Waals surface area contributed by atoms with Crippen LogP contribution in [0.1, 0.15) is 25.0 Å². The highest BCUT2D eigenvalue weighted by atomic mass is 19.4. The van der Waals surface area contributed by atoms with E-state index in [2.05, 4.69) is 30.7 Å². The van der Waals surface area contributed by atoms with Gasteiger partial charge in [-0.05, 0) is 73.5 Å². The molecule has 4 aromatic carbocycles. The zero-order valence-electron chi connectivity index (χ0n) is 28.4. The zero-order chi connectivity index (χ0) is 40.7. The number of carbonyl (C=O) groups excluding carboxylic acids is 2. The van der Waals surface area contributed by atoms with Crippen molar-refractivity contribution in [1.82, 2.24) is 0 Å². The van der Waals surface area contributed by atoms with Crippen LogP contribution in [0.5, 0.6) is 0 Å². The standard InChI is InChI=1S/C34H22F6N10O6/c1-17-29(31(51)47(45-17)25-13-7-21(33(35,36)37)15-27(25)49(53)54)43-41-23-9-3-19(4-10-23)20-5-11-24(12-6-20)42-44-30-18(2)46-48(32(30)52)26-14-8-22(34(38,39)40)16-28(26)50(55)56/h3-16,29-30H,1-2H3. The van der Waals surface area contributed by atoms with Crippen LogP contribution < -0.4 is 10.0 Å². The topological polar surface area (TPSA) is 201 Å². The molecule has 2 aliphatic rings. The van der Waals surface area contributed by atoms with Crippen LogP contribution in [0.4, 0.5) is 60.5 Å². The molecule has 56 heavy (non-hydrogen) atoms. The molecule has 4 aromatic rings. The number of nitro benzene ring substituents is 2. The van der Waals surface area contributed by atoms with E-state index in [9.17, 15) is 56.2 Å². The van der Waals surface area contributed by atoms with Gasteiger partial charge in [-0.3, -0.25) is 29.8 Å². The Balaban J connectivity index is 1.10. The largest absolute Gasteiger partial charge is 0.416 e. The number of amides is 2. The number of nitro groups is 2. The molecule has 0 radical (unpaired) electrons. The third kappa shape index (κ3) is 7.69. The summed E-state index contributed by atoms with van der Waals surface area (Å²) in [6.07, 6.45) is -9.69. The van der Waals surface area contributed by atoms with Crippen LogP contribution in [0.15, 0.2) is 116 Å². The molecule has 2 unspecified atom stereocenters. The van der Waals surface area contributed by atoms with Crippen LogP contribution in [-0.4, -0.2) is 45.2 Å². The fraction of sp³-hybridized carbons (Fsp3) is 0.176. The van der Waals surface area contributed by atoms with Crippen molar-refractivity contribution in [1.29, 1.82) is 0 Å². The molecule has 0 aliphatic carbocycles. The molecule has 0 saturated heterocycles. The zero-order valence-corrected chi connectivity index (χ0v) is 28.4. The van der Waals surface area contributed by atoms with Crippen LogP contribution in [0.2, 0.25) is 0 Å². The van der Waals surface area contributed by atoms with Crippen molar-refractivity contribution in [3.8, 4) is 11.1 Å². The average molecular weight is 781 g/mol. The molecular weight excluding hydrogens is 758 g/mol. The number of alkyl halides is 6. The highest BCUT2D eigenvalue weighted by Crippen LogP contribution is 2.40. The van der Waals surface area contributed by atoms with E-state index in [0.717, 1.165) is 12.1 Å². The Morgan fingerprint density at radius 2 is 0.929 bits per heavy atom. The molecule has 0 N–H and O–H groups in total. The summed E-state index contributed by atoms with van der Waals surface area (Å²) in [5.74, 6) is -1.72. The van der Waals surface area contributed by atoms with Gasteiger partial charge >= 0.3 is 12.4 Å². The number of halogens is 6. The Bertz CT molecular complexity index is 2230. The number of rotatable bonds is 9. The Labute approximate surface area is 309 Å². The van der Waals surface area contributed by atoms with Crippen molar-refractivity contribution in [2.45, 2.75) is 38.3 Å². The molecule has 0 saturated carbocycles. The molecule has 0 fully saturated rings. The summed E-state index contributed by atoms with van der Waals surface area (Å²) in [5, 5.41) is 48.4. The van der Waals surface area contributed by atoms with Gasteiger partial charge in [-0.15, -0.1) is 0 Å². The quantitative estimate of drug-likeness (QED) is 0.0702. The maximum absolute atomic E-state index is 13.1. The van der Waals surface area contributed by atoms with Gasteiger partial charge in [0, 0.05) is 12.1 Å². The highest BCUT2D eigenvalue weighted by molar-refractivity contribution is 6.19. The Kier molecular flexibility index (Phi) is 9.98. The summed E-state index contributed by atoms with van der Waals surface area (Å²) < 4.78 is 78.8. The third-order valence-electron chi connectivity index (χ3n) is 8.29. The first kappa shape index (κ1) is 38.5. The van der Waals surface area contributed by atoms with Crippen LogP contribution >= 0.6 is 0 Å². The van der Waals surface area contributed by atoms with Crippen LogP contribution in [-0.2, 0) is 21.9 Å². The van der Waals surface area contributed by atoms with E-state index in [1.54, 1.807) is 48.5 Å². The first-order chi connectivity index (χ1) is 26.3. The number of azo groups is 2. The fourth-order valence-corrected chi connectivity index (χ4v) is 5.46. The lowest BCUT2D eigenvalue weighted by molar-refractivity contribution is -0.384. The summed E-state index contributed by atoms with van der Waals surface area (Å²) in [6, 6.07) is 13.9. The van der Waals surface area contributed by atoms with Gasteiger partial charge in [0.25, 0.3) is 23.2 Å². The van der Waals surface area contributed by atoms with Gasteiger partial charge in [-0.1, -0.05) is 24.3 Å². The monoisotopic (exact) mass is 780 g/mol. The van der Waals surface area contributed by atoms with E-state index < -0.39 is 80.0 Å². The molecule has 0 spiro atoms. The number of carbonyl (C=O) groups is 2. The van der Waals surface area contributed by atoms with Crippen LogP contribution in [0.3, 0.4) is 0 Å². The Morgan fingerprint density at radius 3 is 1.23 bits per heavy atom. The summed E-state index contributed by atoms with van der Waals surface area (Å²) in [7, 11) is 0. The fourth-order valence-electron chi connectivity index (χ4n) is 5.46. The first-order valence-electron chi connectivity index (χ1n) is 15.8. The SMILES string of the molecule is CC1=NN(c2ccc(C(F)(F)F)cc2[N+](=O)[O-])C(=O)C1N=Nc1ccc(-c2ccc(N=NC3C(=O)N(c4ccc(C(F)(F)F)cc4[N+](=O)[O-])N=C3C)cc2)cc1. The van der Waals surface area contributed by atoms with Crippen molar-refractivity contribution >= 4 is 57.4 Å². The number of hydrogen-bond donors (Lipinski definition) is 0. The smallest absolute Gasteiger partial charge is 0.269 e. The lowest BCUT2D eigenvalue weighted by Gasteiger charge is -2.14. The summed E-state index contributed by atoms with van der Waals surface area (Å²) >= 11 is 0. The van der Waals surface area contributed by atoms with Crippen molar-refractivity contribution in [2.75, 3.05) is 10.0 Å². The average Bonchev–Trinajstić information content (AvgIpc) is 3.60. The second-order valence-corrected chi connectivity index (χ2v) is 12.0. The molecule has 6 rings (SSSR count). The van der Waals surface area contributed by atoms with E-state index in [0.29, 0.717) is 56.8 Å². The van der Waals surface area contributed by atoms with Crippen molar-refractivity contribution in [3.05, 3.63) is 116 Å². The Morgan fingerprint density at radius 1 is 0.589 bits per heavy atom. The highest BCUT2D eigenvalue weighted by Gasteiger charge is 2.41. The molecule has 2 atom stereocenters. The van der Waals surface area contributed by atoms with Crippen molar-refractivity contribution in [3.63, 3.8) is 0 Å². The molecule has 2 amide bonds. The molecule has 2 aliphatic heterocycles. The van der Waals surface area contributed by atoms with Gasteiger partial charge in [0.15, 0.2) is 12.1 Å². The molecular formula is C34H22F6N10O6. The molecule has 286 valence electrons. The number of hydrogen-bond acceptors (Lipinski definition) is 12. The van der Waals surface area contributed by atoms with E-state index in [1.807, 2.05) is 0 Å². The number of benzene rings is 4. The molecule has 0 bridgehead atoms. The molecule has 22 heteroatoms. The Hall–Kier alpha value is -7.26. The minimum atomic E-state index is -4.85. The van der Waals surface area contributed by atoms with Gasteiger partial charge in [0.1, 0.15) is 11.4 Å². The summed E-state index contributed by atoms with van der Waals surface area (Å²) in [6.45, 7) is 2.83. The number of nitrogens with zero attached hydrogens (tertiary/aromatic N) is 10. The lowest BCUT2D eigenvalue weighted by Crippen LogP contribution is -2.30. The normalized spacial score (nSPS) is 17.6. The second-order valence-electron chi connectivity index (χ2n) is 12.0. The maximum Gasteiger partial charge on any atom is 0.416 e. The molecule has 0 aromatic heterocycles. The van der Waals surface area contributed by atoms with Gasteiger partial charge < -0.3 is 0 Å². The predicted octanol–water partition coefficient (Wildman–Crippen LogP) is 8.96. The summed E-state index contributed by atoms with van der Waals surface area (Å²) in [4.78, 5) is 47.1. The van der Waals surface area contributed by atoms with E-state index >= 15 is 0 Å². The predicted molar refractivity (Wildman–Crippen MR) is 186 cm³/mol. The minimum absolute atomic E-state index is 0.0991. The maximum atomic E-state index is 13.1. The van der Waals surface area contributed by atoms with Gasteiger partial charge in [0.2, 0.25) is 0 Å². The van der Waals surface area contributed by atoms with E-state index in [1.165, 1.54) is 13.8 Å². The minimum Gasteiger partial charge on any atom is -0.269 e. The lowest BCUT2D eigenvalue weighted by atomic mass is 10.1. The third-order valence-corrected chi connectivity index (χ3v) is 8.29. The van der Waals surface area contributed by atoms with Crippen molar-refractivity contribution in [2.24, 2.45) is 30.7 Å². The van der Waals surface area contributed by atoms with Gasteiger partial charge in [-0.2, -0.15) is 67.0 Å². The van der Waals surface area contributed by atoms with Crippen LogP contribution in [0, 0.1) is 20.2 Å².